The Hall–Kier alpha value is -0.940. The highest BCUT2D eigenvalue weighted by atomic mass is 32.1. The highest BCUT2D eigenvalue weighted by Crippen LogP contribution is 2.41. The smallest absolute Gasteiger partial charge is 0.222 e. The van der Waals surface area contributed by atoms with Crippen molar-refractivity contribution < 1.29 is 4.79 Å². The molecule has 110 valence electrons. The Bertz CT molecular complexity index is 452. The molecular weight excluding hydrogens is 270 g/mol. The van der Waals surface area contributed by atoms with Gasteiger partial charge in [0.1, 0.15) is 0 Å². The normalized spacial score (nSPS) is 24.1. The third-order valence-corrected chi connectivity index (χ3v) is 5.82. The molecular formula is C15H23N3OS. The average molecular weight is 293 g/mol. The topological polar surface area (TPSA) is 36.4 Å². The number of thiazole rings is 1. The molecule has 0 saturated carbocycles. The van der Waals surface area contributed by atoms with E-state index in [4.69, 9.17) is 0 Å². The predicted octanol–water partition coefficient (Wildman–Crippen LogP) is 2.37. The van der Waals surface area contributed by atoms with E-state index in [9.17, 15) is 4.79 Å². The van der Waals surface area contributed by atoms with Gasteiger partial charge in [0.15, 0.2) is 0 Å². The van der Waals surface area contributed by atoms with Gasteiger partial charge in [-0.2, -0.15) is 0 Å². The maximum absolute atomic E-state index is 11.8. The minimum atomic E-state index is 0.328. The molecule has 1 aromatic rings. The number of likely N-dealkylation sites (tertiary alicyclic amines) is 2. The number of piperidine rings is 1. The van der Waals surface area contributed by atoms with Gasteiger partial charge in [-0.3, -0.25) is 14.7 Å². The third-order valence-electron chi connectivity index (χ3n) is 5.05. The minimum absolute atomic E-state index is 0.328. The molecule has 1 amide bonds. The summed E-state index contributed by atoms with van der Waals surface area (Å²) in [5, 5.41) is 0. The fraction of sp³-hybridized carbons (Fsp3) is 0.733. The van der Waals surface area contributed by atoms with Crippen LogP contribution in [0.25, 0.3) is 0 Å². The van der Waals surface area contributed by atoms with Gasteiger partial charge >= 0.3 is 0 Å². The van der Waals surface area contributed by atoms with Crippen molar-refractivity contribution in [2.45, 2.75) is 38.6 Å². The Morgan fingerprint density at radius 2 is 2.00 bits per heavy atom. The van der Waals surface area contributed by atoms with E-state index in [1.807, 2.05) is 23.7 Å². The molecule has 1 spiro atoms. The van der Waals surface area contributed by atoms with Gasteiger partial charge in [0, 0.05) is 37.6 Å². The van der Waals surface area contributed by atoms with Crippen LogP contribution in [-0.2, 0) is 11.3 Å². The van der Waals surface area contributed by atoms with E-state index in [1.54, 1.807) is 11.3 Å². The number of aromatic nitrogens is 1. The van der Waals surface area contributed by atoms with E-state index in [0.717, 1.165) is 39.0 Å². The molecule has 3 heterocycles. The maximum atomic E-state index is 11.8. The van der Waals surface area contributed by atoms with E-state index in [1.165, 1.54) is 24.1 Å². The first-order valence-corrected chi connectivity index (χ1v) is 8.39. The van der Waals surface area contributed by atoms with Gasteiger partial charge in [0.25, 0.3) is 0 Å². The molecule has 0 aromatic carbocycles. The van der Waals surface area contributed by atoms with Gasteiger partial charge in [-0.05, 0) is 44.2 Å². The molecule has 0 aliphatic carbocycles. The van der Waals surface area contributed by atoms with Gasteiger partial charge < -0.3 is 4.90 Å². The number of amides is 1. The van der Waals surface area contributed by atoms with Crippen molar-refractivity contribution in [3.8, 4) is 0 Å². The quantitative estimate of drug-likeness (QED) is 0.840. The second kappa shape index (κ2) is 5.82. The van der Waals surface area contributed by atoms with Crippen LogP contribution in [0, 0.1) is 5.41 Å². The van der Waals surface area contributed by atoms with E-state index in [2.05, 4.69) is 9.88 Å². The summed E-state index contributed by atoms with van der Waals surface area (Å²) >= 11 is 1.74. The van der Waals surface area contributed by atoms with Crippen LogP contribution in [0.4, 0.5) is 0 Å². The van der Waals surface area contributed by atoms with Crippen molar-refractivity contribution in [3.05, 3.63) is 16.6 Å². The lowest BCUT2D eigenvalue weighted by Gasteiger charge is -2.41. The lowest BCUT2D eigenvalue weighted by atomic mass is 9.73. The Labute approximate surface area is 124 Å². The molecule has 4 nitrogen and oxygen atoms in total. The van der Waals surface area contributed by atoms with Crippen molar-refractivity contribution in [3.63, 3.8) is 0 Å². The van der Waals surface area contributed by atoms with Crippen LogP contribution < -0.4 is 0 Å². The van der Waals surface area contributed by atoms with E-state index in [0.29, 0.717) is 11.3 Å². The summed E-state index contributed by atoms with van der Waals surface area (Å²) in [5.41, 5.74) is 2.33. The van der Waals surface area contributed by atoms with Crippen molar-refractivity contribution in [1.29, 1.82) is 0 Å². The molecule has 20 heavy (non-hydrogen) atoms. The Morgan fingerprint density at radius 3 is 2.70 bits per heavy atom. The summed E-state index contributed by atoms with van der Waals surface area (Å²) in [5.74, 6) is 0.328. The van der Waals surface area contributed by atoms with Crippen LogP contribution >= 0.6 is 11.3 Å². The number of hydrogen-bond acceptors (Lipinski definition) is 4. The van der Waals surface area contributed by atoms with E-state index < -0.39 is 0 Å². The zero-order chi connectivity index (χ0) is 14.0. The van der Waals surface area contributed by atoms with Gasteiger partial charge in [0.05, 0.1) is 5.51 Å². The number of carbonyl (C=O) groups is 1. The molecule has 0 unspecified atom stereocenters. The standard InChI is InChI=1S/C15H23N3OS/c1-17-7-4-15(3-2-14(17)19)5-8-18(9-6-15)11-13-10-16-12-20-13/h10,12H,2-9,11H2,1H3. The molecule has 2 aliphatic rings. The molecule has 0 bridgehead atoms. The number of hydrogen-bond donors (Lipinski definition) is 0. The summed E-state index contributed by atoms with van der Waals surface area (Å²) in [6.45, 7) is 4.30. The predicted molar refractivity (Wildman–Crippen MR) is 80.5 cm³/mol. The first-order valence-electron chi connectivity index (χ1n) is 7.51. The van der Waals surface area contributed by atoms with Gasteiger partial charge in [0.2, 0.25) is 5.91 Å². The monoisotopic (exact) mass is 293 g/mol. The highest BCUT2D eigenvalue weighted by Gasteiger charge is 2.37. The molecule has 3 rings (SSSR count). The minimum Gasteiger partial charge on any atom is -0.346 e. The van der Waals surface area contributed by atoms with Crippen LogP contribution in [0.1, 0.15) is 37.0 Å². The van der Waals surface area contributed by atoms with Crippen LogP contribution in [0.3, 0.4) is 0 Å². The SMILES string of the molecule is CN1CCC2(CCC1=O)CCN(Cc1cncs1)CC2. The van der Waals surface area contributed by atoms with Gasteiger partial charge in [-0.25, -0.2) is 0 Å². The molecule has 5 heteroatoms. The third kappa shape index (κ3) is 3.04. The second-order valence-electron chi connectivity index (χ2n) is 6.31. The summed E-state index contributed by atoms with van der Waals surface area (Å²) in [6, 6.07) is 0. The summed E-state index contributed by atoms with van der Waals surface area (Å²) in [7, 11) is 1.94. The van der Waals surface area contributed by atoms with Crippen molar-refractivity contribution in [2.75, 3.05) is 26.7 Å². The van der Waals surface area contributed by atoms with Crippen molar-refractivity contribution in [2.24, 2.45) is 5.41 Å². The lowest BCUT2D eigenvalue weighted by Crippen LogP contribution is -2.40. The van der Waals surface area contributed by atoms with Crippen molar-refractivity contribution in [1.82, 2.24) is 14.8 Å². The zero-order valence-corrected chi connectivity index (χ0v) is 13.0. The molecule has 0 atom stereocenters. The number of rotatable bonds is 2. The number of nitrogens with zero attached hydrogens (tertiary/aromatic N) is 3. The summed E-state index contributed by atoms with van der Waals surface area (Å²) in [6.07, 6.45) is 7.48. The second-order valence-corrected chi connectivity index (χ2v) is 7.28. The maximum Gasteiger partial charge on any atom is 0.222 e. The first kappa shape index (κ1) is 14.0. The van der Waals surface area contributed by atoms with E-state index in [-0.39, 0.29) is 0 Å². The zero-order valence-electron chi connectivity index (χ0n) is 12.2. The molecule has 0 radical (unpaired) electrons. The van der Waals surface area contributed by atoms with Gasteiger partial charge in [-0.15, -0.1) is 11.3 Å². The van der Waals surface area contributed by atoms with Crippen molar-refractivity contribution >= 4 is 17.2 Å². The van der Waals surface area contributed by atoms with Gasteiger partial charge in [-0.1, -0.05) is 0 Å². The molecule has 2 saturated heterocycles. The molecule has 0 N–H and O–H groups in total. The highest BCUT2D eigenvalue weighted by molar-refractivity contribution is 7.09. The molecule has 1 aromatic heterocycles. The largest absolute Gasteiger partial charge is 0.346 e. The Morgan fingerprint density at radius 1 is 1.25 bits per heavy atom. The lowest BCUT2D eigenvalue weighted by molar-refractivity contribution is -0.129. The fourth-order valence-electron chi connectivity index (χ4n) is 3.44. The molecule has 2 aliphatic heterocycles. The average Bonchev–Trinajstić information content (AvgIpc) is 2.93. The summed E-state index contributed by atoms with van der Waals surface area (Å²) < 4.78 is 0. The number of carbonyl (C=O) groups excluding carboxylic acids is 1. The Kier molecular flexibility index (Phi) is 4.08. The summed E-state index contributed by atoms with van der Waals surface area (Å²) in [4.78, 5) is 21.8. The first-order chi connectivity index (χ1) is 9.67. The van der Waals surface area contributed by atoms with Crippen LogP contribution in [0.5, 0.6) is 0 Å². The Balaban J connectivity index is 1.56. The van der Waals surface area contributed by atoms with Crippen LogP contribution in [0.15, 0.2) is 11.7 Å². The van der Waals surface area contributed by atoms with E-state index >= 15 is 0 Å². The fourth-order valence-corrected chi connectivity index (χ4v) is 4.08. The van der Waals surface area contributed by atoms with Crippen LogP contribution in [0.2, 0.25) is 0 Å². The molecule has 2 fully saturated rings. The van der Waals surface area contributed by atoms with Crippen LogP contribution in [-0.4, -0.2) is 47.4 Å².